The molecule has 0 spiro atoms. The zero-order chi connectivity index (χ0) is 9.61. The van der Waals surface area contributed by atoms with Gasteiger partial charge >= 0.3 is 23.0 Å². The number of phosphoric acid groups is 1. The molecule has 0 aliphatic carbocycles. The van der Waals surface area contributed by atoms with Gasteiger partial charge in [0, 0.05) is 6.08 Å². The Morgan fingerprint density at radius 1 is 1.46 bits per heavy atom. The second kappa shape index (κ2) is 7.26. The van der Waals surface area contributed by atoms with Crippen molar-refractivity contribution < 1.29 is 45.5 Å². The van der Waals surface area contributed by atoms with Crippen molar-refractivity contribution >= 4 is 13.8 Å². The molecule has 79 valence electrons. The van der Waals surface area contributed by atoms with Crippen molar-refractivity contribution in [3.63, 3.8) is 0 Å². The predicted octanol–water partition coefficient (Wildman–Crippen LogP) is -1.44. The number of phosphoric ester groups is 1. The fourth-order valence-corrected chi connectivity index (χ4v) is 0.648. The fourth-order valence-electron chi connectivity index (χ4n) is 0.350. The van der Waals surface area contributed by atoms with Gasteiger partial charge < -0.3 is 23.6 Å². The van der Waals surface area contributed by atoms with Crippen molar-refractivity contribution in [2.45, 2.75) is 0 Å². The Kier molecular flexibility index (Phi) is 8.56. The summed E-state index contributed by atoms with van der Waals surface area (Å²) in [6.45, 7) is 2.33. The first kappa shape index (κ1) is 15.3. The third-order valence-corrected chi connectivity index (χ3v) is 1.24. The van der Waals surface area contributed by atoms with Crippen molar-refractivity contribution in [3.8, 4) is 0 Å². The van der Waals surface area contributed by atoms with Crippen molar-refractivity contribution in [1.82, 2.24) is 0 Å². The fraction of sp³-hybridized carbons (Fsp3) is 0.400. The van der Waals surface area contributed by atoms with E-state index in [1.165, 1.54) is 0 Å². The predicted molar refractivity (Wildman–Crippen MR) is 34.7 cm³/mol. The van der Waals surface area contributed by atoms with Gasteiger partial charge in [-0.2, -0.15) is 0 Å². The van der Waals surface area contributed by atoms with Crippen LogP contribution in [0.25, 0.3) is 0 Å². The Labute approximate surface area is 85.6 Å². The van der Waals surface area contributed by atoms with E-state index in [9.17, 15) is 19.1 Å². The van der Waals surface area contributed by atoms with Gasteiger partial charge in [0.25, 0.3) is 0 Å². The minimum Gasteiger partial charge on any atom is -0.790 e. The maximum absolute atomic E-state index is 10.3. The van der Waals surface area contributed by atoms with Gasteiger partial charge in [0.1, 0.15) is 6.61 Å². The molecule has 0 aromatic heterocycles. The van der Waals surface area contributed by atoms with Crippen molar-refractivity contribution in [2.75, 3.05) is 13.2 Å². The first-order chi connectivity index (χ1) is 5.45. The minimum atomic E-state index is -4.95. The first-order valence-corrected chi connectivity index (χ1v) is 4.37. The molecule has 0 rings (SSSR count). The summed E-state index contributed by atoms with van der Waals surface area (Å²) in [5.41, 5.74) is 0. The summed E-state index contributed by atoms with van der Waals surface area (Å²) in [6, 6.07) is 0. The van der Waals surface area contributed by atoms with Crippen LogP contribution in [0.1, 0.15) is 0 Å². The van der Waals surface area contributed by atoms with Gasteiger partial charge in [0.15, 0.2) is 0 Å². The standard InChI is InChI=1S/C5H9O6P.Cu/c1-2-5(6)10-3-4-11-12(7,8)9;/h2H,1,3-4H2,(H2,7,8,9);/q;+2/p-2. The summed E-state index contributed by atoms with van der Waals surface area (Å²) in [4.78, 5) is 30.0. The van der Waals surface area contributed by atoms with Crippen LogP contribution in [-0.4, -0.2) is 19.2 Å². The number of carbonyl (C=O) groups is 1. The smallest absolute Gasteiger partial charge is 0.790 e. The summed E-state index contributed by atoms with van der Waals surface area (Å²) >= 11 is 0. The monoisotopic (exact) mass is 257 g/mol. The number of rotatable bonds is 5. The van der Waals surface area contributed by atoms with Crippen LogP contribution in [0.3, 0.4) is 0 Å². The van der Waals surface area contributed by atoms with Crippen LogP contribution >= 0.6 is 7.82 Å². The number of ether oxygens (including phenoxy) is 1. The molecular weight excluding hydrogens is 251 g/mol. The van der Waals surface area contributed by atoms with Crippen LogP contribution in [-0.2, 0) is 35.7 Å². The third kappa shape index (κ3) is 11.8. The van der Waals surface area contributed by atoms with Gasteiger partial charge in [-0.3, -0.25) is 0 Å². The maximum Gasteiger partial charge on any atom is 2.00 e. The largest absolute Gasteiger partial charge is 2.00 e. The van der Waals surface area contributed by atoms with Gasteiger partial charge in [-0.1, -0.05) is 6.58 Å². The second-order valence-electron chi connectivity index (χ2n) is 1.65. The topological polar surface area (TPSA) is 98.7 Å². The van der Waals surface area contributed by atoms with E-state index in [2.05, 4.69) is 15.8 Å². The van der Waals surface area contributed by atoms with Crippen molar-refractivity contribution in [1.29, 1.82) is 0 Å². The molecule has 1 radical (unpaired) electrons. The van der Waals surface area contributed by atoms with Crippen LogP contribution in [0, 0.1) is 0 Å². The quantitative estimate of drug-likeness (QED) is 0.197. The number of hydrogen-bond donors (Lipinski definition) is 0. The molecule has 0 saturated carbocycles. The molecule has 0 aromatic rings. The molecule has 0 fully saturated rings. The Hall–Kier alpha value is -0.161. The number of carbonyl (C=O) groups excluding carboxylic acids is 1. The van der Waals surface area contributed by atoms with Crippen LogP contribution in [0.2, 0.25) is 0 Å². The molecule has 0 N–H and O–H groups in total. The van der Waals surface area contributed by atoms with Crippen LogP contribution < -0.4 is 9.79 Å². The zero-order valence-corrected chi connectivity index (χ0v) is 8.23. The molecule has 8 heteroatoms. The van der Waals surface area contributed by atoms with E-state index in [1.54, 1.807) is 0 Å². The number of esters is 1. The van der Waals surface area contributed by atoms with E-state index in [0.29, 0.717) is 0 Å². The molecule has 13 heavy (non-hydrogen) atoms. The Balaban J connectivity index is 0. The maximum atomic E-state index is 10.3. The van der Waals surface area contributed by atoms with Gasteiger partial charge in [-0.25, -0.2) is 4.79 Å². The average Bonchev–Trinajstić information content (AvgIpc) is 1.96. The molecule has 0 atom stereocenters. The van der Waals surface area contributed by atoms with Crippen molar-refractivity contribution in [2.24, 2.45) is 0 Å². The molecule has 0 amide bonds. The zero-order valence-electron chi connectivity index (χ0n) is 6.40. The SMILES string of the molecule is C=CC(=O)OCCOP(=O)([O-])[O-].[Cu+2]. The van der Waals surface area contributed by atoms with Gasteiger partial charge in [0.05, 0.1) is 14.4 Å². The molecule has 6 nitrogen and oxygen atoms in total. The van der Waals surface area contributed by atoms with E-state index in [4.69, 9.17) is 0 Å². The molecule has 0 heterocycles. The number of hydrogen-bond acceptors (Lipinski definition) is 6. The molecule has 0 aromatic carbocycles. The minimum absolute atomic E-state index is 0. The van der Waals surface area contributed by atoms with E-state index in [-0.39, 0.29) is 23.7 Å². The van der Waals surface area contributed by atoms with E-state index in [1.807, 2.05) is 0 Å². The van der Waals surface area contributed by atoms with Crippen LogP contribution in [0.15, 0.2) is 12.7 Å². The van der Waals surface area contributed by atoms with E-state index in [0.717, 1.165) is 6.08 Å². The molecule has 0 bridgehead atoms. The average molecular weight is 258 g/mol. The van der Waals surface area contributed by atoms with E-state index < -0.39 is 20.4 Å². The van der Waals surface area contributed by atoms with Gasteiger partial charge in [-0.15, -0.1) is 0 Å². The summed E-state index contributed by atoms with van der Waals surface area (Å²) in [7, 11) is -4.95. The molecule has 0 aliphatic rings. The normalized spacial score (nSPS) is 10.0. The van der Waals surface area contributed by atoms with Gasteiger partial charge in [-0.05, 0) is 0 Å². The van der Waals surface area contributed by atoms with Crippen LogP contribution in [0.4, 0.5) is 0 Å². The summed E-state index contributed by atoms with van der Waals surface area (Å²) in [5.74, 6) is -0.703. The molecule has 0 saturated heterocycles. The summed E-state index contributed by atoms with van der Waals surface area (Å²) in [5, 5.41) is 0. The third-order valence-electron chi connectivity index (χ3n) is 0.744. The first-order valence-electron chi connectivity index (χ1n) is 2.91. The molecule has 0 aliphatic heterocycles. The van der Waals surface area contributed by atoms with E-state index >= 15 is 0 Å². The Morgan fingerprint density at radius 2 is 2.00 bits per heavy atom. The second-order valence-corrected chi connectivity index (χ2v) is 2.80. The van der Waals surface area contributed by atoms with Gasteiger partial charge in [0.2, 0.25) is 0 Å². The Morgan fingerprint density at radius 3 is 2.38 bits per heavy atom. The molecular formula is C5H7CuO6P. The summed E-state index contributed by atoms with van der Waals surface area (Å²) in [6.07, 6.45) is 0.911. The Bertz CT molecular complexity index is 211. The summed E-state index contributed by atoms with van der Waals surface area (Å²) < 4.78 is 17.9. The van der Waals surface area contributed by atoms with Crippen molar-refractivity contribution in [3.05, 3.63) is 12.7 Å². The molecule has 0 unspecified atom stereocenters. The van der Waals surface area contributed by atoms with Crippen LogP contribution in [0.5, 0.6) is 0 Å².